The lowest BCUT2D eigenvalue weighted by molar-refractivity contribution is 0.103. The first-order valence-electron chi connectivity index (χ1n) is 5.84. The molecule has 98 valence electrons. The molecule has 0 bridgehead atoms. The van der Waals surface area contributed by atoms with E-state index < -0.39 is 0 Å². The first kappa shape index (κ1) is 13.1. The molecule has 0 spiro atoms. The van der Waals surface area contributed by atoms with Crippen LogP contribution in [0.4, 0.5) is 0 Å². The fraction of sp³-hybridized carbons (Fsp3) is 0.200. The van der Waals surface area contributed by atoms with E-state index >= 15 is 0 Å². The maximum absolute atomic E-state index is 12.3. The first-order valence-corrected chi connectivity index (χ1v) is 5.84. The summed E-state index contributed by atoms with van der Waals surface area (Å²) in [6, 6.07) is 8.64. The number of carbonyl (C=O) groups is 1. The van der Waals surface area contributed by atoms with Gasteiger partial charge in [-0.1, -0.05) is 6.07 Å². The summed E-state index contributed by atoms with van der Waals surface area (Å²) in [5, 5.41) is 0. The summed E-state index contributed by atoms with van der Waals surface area (Å²) < 4.78 is 10.3. The monoisotopic (exact) mass is 257 g/mol. The molecule has 0 aliphatic carbocycles. The van der Waals surface area contributed by atoms with Gasteiger partial charge in [-0.3, -0.25) is 9.78 Å². The van der Waals surface area contributed by atoms with Crippen LogP contribution in [-0.4, -0.2) is 25.0 Å². The van der Waals surface area contributed by atoms with E-state index in [4.69, 9.17) is 9.47 Å². The van der Waals surface area contributed by atoms with E-state index in [1.807, 2.05) is 13.0 Å². The zero-order chi connectivity index (χ0) is 13.8. The molecule has 0 aliphatic heterocycles. The van der Waals surface area contributed by atoms with Gasteiger partial charge < -0.3 is 9.47 Å². The van der Waals surface area contributed by atoms with E-state index in [0.29, 0.717) is 22.8 Å². The molecule has 0 unspecified atom stereocenters. The molecule has 0 N–H and O–H groups in total. The van der Waals surface area contributed by atoms with Crippen LogP contribution < -0.4 is 9.47 Å². The number of methoxy groups -OCH3 is 2. The van der Waals surface area contributed by atoms with E-state index in [1.165, 1.54) is 0 Å². The Hall–Kier alpha value is -2.36. The number of aryl methyl sites for hydroxylation is 1. The maximum atomic E-state index is 12.3. The Bertz CT molecular complexity index is 569. The SMILES string of the molecule is COc1cc(OC)cc(C(=O)c2ccc(C)cn2)c1. The van der Waals surface area contributed by atoms with Gasteiger partial charge in [0.1, 0.15) is 17.2 Å². The molecule has 2 aromatic rings. The molecule has 1 heterocycles. The van der Waals surface area contributed by atoms with Crippen LogP contribution in [0.5, 0.6) is 11.5 Å². The van der Waals surface area contributed by atoms with Crippen LogP contribution in [0.15, 0.2) is 36.5 Å². The van der Waals surface area contributed by atoms with Crippen molar-refractivity contribution in [2.45, 2.75) is 6.92 Å². The van der Waals surface area contributed by atoms with Crippen LogP contribution in [0.2, 0.25) is 0 Å². The van der Waals surface area contributed by atoms with Crippen molar-refractivity contribution in [1.29, 1.82) is 0 Å². The number of rotatable bonds is 4. The topological polar surface area (TPSA) is 48.4 Å². The van der Waals surface area contributed by atoms with Crippen molar-refractivity contribution in [1.82, 2.24) is 4.98 Å². The normalized spacial score (nSPS) is 10.1. The van der Waals surface area contributed by atoms with Crippen LogP contribution >= 0.6 is 0 Å². The second-order valence-electron chi connectivity index (χ2n) is 4.15. The second-order valence-corrected chi connectivity index (χ2v) is 4.15. The first-order chi connectivity index (χ1) is 9.13. The average molecular weight is 257 g/mol. The van der Waals surface area contributed by atoms with Gasteiger partial charge >= 0.3 is 0 Å². The average Bonchev–Trinajstić information content (AvgIpc) is 2.46. The fourth-order valence-electron chi connectivity index (χ4n) is 1.69. The summed E-state index contributed by atoms with van der Waals surface area (Å²) in [6.45, 7) is 1.93. The highest BCUT2D eigenvalue weighted by Crippen LogP contribution is 2.23. The molecule has 1 aromatic heterocycles. The second kappa shape index (κ2) is 5.52. The molecule has 4 heteroatoms. The number of hydrogen-bond acceptors (Lipinski definition) is 4. The van der Waals surface area contributed by atoms with Crippen molar-refractivity contribution in [3.05, 3.63) is 53.3 Å². The lowest BCUT2D eigenvalue weighted by Crippen LogP contribution is -2.04. The summed E-state index contributed by atoms with van der Waals surface area (Å²) in [6.07, 6.45) is 1.67. The van der Waals surface area contributed by atoms with Crippen molar-refractivity contribution in [3.63, 3.8) is 0 Å². The van der Waals surface area contributed by atoms with Gasteiger partial charge in [0.15, 0.2) is 0 Å². The molecule has 19 heavy (non-hydrogen) atoms. The highest BCUT2D eigenvalue weighted by atomic mass is 16.5. The molecule has 0 fully saturated rings. The van der Waals surface area contributed by atoms with Gasteiger partial charge in [0.25, 0.3) is 0 Å². The Balaban J connectivity index is 2.40. The number of benzene rings is 1. The predicted octanol–water partition coefficient (Wildman–Crippen LogP) is 2.64. The Kier molecular flexibility index (Phi) is 3.80. The number of carbonyl (C=O) groups excluding carboxylic acids is 1. The Morgan fingerprint density at radius 1 is 1.05 bits per heavy atom. The third kappa shape index (κ3) is 2.91. The van der Waals surface area contributed by atoms with Gasteiger partial charge in [-0.15, -0.1) is 0 Å². The van der Waals surface area contributed by atoms with E-state index in [1.54, 1.807) is 44.7 Å². The van der Waals surface area contributed by atoms with Crippen molar-refractivity contribution in [3.8, 4) is 11.5 Å². The lowest BCUT2D eigenvalue weighted by atomic mass is 10.1. The number of ether oxygens (including phenoxy) is 2. The van der Waals surface area contributed by atoms with Gasteiger partial charge in [-0.25, -0.2) is 0 Å². The highest BCUT2D eigenvalue weighted by Gasteiger charge is 2.13. The third-order valence-electron chi connectivity index (χ3n) is 2.76. The third-order valence-corrected chi connectivity index (χ3v) is 2.76. The van der Waals surface area contributed by atoms with E-state index in [-0.39, 0.29) is 5.78 Å². The number of pyridine rings is 1. The van der Waals surface area contributed by atoms with Crippen LogP contribution in [0.3, 0.4) is 0 Å². The quantitative estimate of drug-likeness (QED) is 0.790. The highest BCUT2D eigenvalue weighted by molar-refractivity contribution is 6.08. The van der Waals surface area contributed by atoms with Gasteiger partial charge in [0.05, 0.1) is 14.2 Å². The van der Waals surface area contributed by atoms with Crippen LogP contribution in [0.1, 0.15) is 21.6 Å². The fourth-order valence-corrected chi connectivity index (χ4v) is 1.69. The van der Waals surface area contributed by atoms with Gasteiger partial charge in [-0.05, 0) is 30.7 Å². The summed E-state index contributed by atoms with van der Waals surface area (Å²) >= 11 is 0. The molecular weight excluding hydrogens is 242 g/mol. The lowest BCUT2D eigenvalue weighted by Gasteiger charge is -2.07. The van der Waals surface area contributed by atoms with E-state index in [0.717, 1.165) is 5.56 Å². The summed E-state index contributed by atoms with van der Waals surface area (Å²) in [4.78, 5) is 16.5. The van der Waals surface area contributed by atoms with Crippen molar-refractivity contribution in [2.24, 2.45) is 0 Å². The van der Waals surface area contributed by atoms with E-state index in [2.05, 4.69) is 4.98 Å². The van der Waals surface area contributed by atoms with E-state index in [9.17, 15) is 4.79 Å². The number of aromatic nitrogens is 1. The molecule has 0 amide bonds. The Morgan fingerprint density at radius 2 is 1.68 bits per heavy atom. The Morgan fingerprint density at radius 3 is 2.16 bits per heavy atom. The van der Waals surface area contributed by atoms with Crippen molar-refractivity contribution < 1.29 is 14.3 Å². The standard InChI is InChI=1S/C15H15NO3/c1-10-4-5-14(16-9-10)15(17)11-6-12(18-2)8-13(7-11)19-3/h4-9H,1-3H3. The minimum absolute atomic E-state index is 0.155. The van der Waals surface area contributed by atoms with Gasteiger partial charge in [0.2, 0.25) is 5.78 Å². The summed E-state index contributed by atoms with van der Waals surface area (Å²) in [5.74, 6) is 1.00. The minimum atomic E-state index is -0.155. The smallest absolute Gasteiger partial charge is 0.211 e. The van der Waals surface area contributed by atoms with Crippen LogP contribution in [0.25, 0.3) is 0 Å². The molecule has 4 nitrogen and oxygen atoms in total. The van der Waals surface area contributed by atoms with Gasteiger partial charge in [0, 0.05) is 17.8 Å². The molecule has 0 atom stereocenters. The maximum Gasteiger partial charge on any atom is 0.211 e. The van der Waals surface area contributed by atoms with Crippen LogP contribution in [0, 0.1) is 6.92 Å². The minimum Gasteiger partial charge on any atom is -0.497 e. The largest absolute Gasteiger partial charge is 0.497 e. The molecule has 0 saturated heterocycles. The zero-order valence-electron chi connectivity index (χ0n) is 11.1. The molecule has 0 aliphatic rings. The van der Waals surface area contributed by atoms with Crippen LogP contribution in [-0.2, 0) is 0 Å². The number of hydrogen-bond donors (Lipinski definition) is 0. The van der Waals surface area contributed by atoms with Crippen molar-refractivity contribution in [2.75, 3.05) is 14.2 Å². The number of nitrogens with zero attached hydrogens (tertiary/aromatic N) is 1. The number of ketones is 1. The Labute approximate surface area is 112 Å². The predicted molar refractivity (Wildman–Crippen MR) is 72.0 cm³/mol. The van der Waals surface area contributed by atoms with Gasteiger partial charge in [-0.2, -0.15) is 0 Å². The van der Waals surface area contributed by atoms with Crippen molar-refractivity contribution >= 4 is 5.78 Å². The molecule has 1 aromatic carbocycles. The summed E-state index contributed by atoms with van der Waals surface area (Å²) in [7, 11) is 3.10. The zero-order valence-corrected chi connectivity index (χ0v) is 11.1. The molecule has 2 rings (SSSR count). The molecule has 0 saturated carbocycles. The molecule has 0 radical (unpaired) electrons. The summed E-state index contributed by atoms with van der Waals surface area (Å²) in [5.41, 5.74) is 1.91. The molecular formula is C15H15NO3.